The first-order valence-electron chi connectivity index (χ1n) is 11.7. The Hall–Kier alpha value is -5.33. The zero-order valence-electron chi connectivity index (χ0n) is 21.6. The number of carbonyl (C=O) groups excluding carboxylic acids is 4. The zero-order chi connectivity index (χ0) is 28.8. The molecule has 3 aromatic rings. The Labute approximate surface area is 227 Å². The van der Waals surface area contributed by atoms with Crippen molar-refractivity contribution in [3.05, 3.63) is 77.1 Å². The number of carbonyl (C=O) groups is 4. The zero-order valence-corrected chi connectivity index (χ0v) is 21.6. The number of halogens is 1. The third-order valence-corrected chi connectivity index (χ3v) is 5.57. The highest BCUT2D eigenvalue weighted by atomic mass is 19.1. The minimum Gasteiger partial charge on any atom is -0.493 e. The first-order valence-corrected chi connectivity index (χ1v) is 11.7. The molecule has 0 radical (unpaired) electrons. The van der Waals surface area contributed by atoms with Gasteiger partial charge >= 0.3 is 12.0 Å². The van der Waals surface area contributed by atoms with Gasteiger partial charge in [0.15, 0.2) is 18.1 Å². The predicted octanol–water partition coefficient (Wildman–Crippen LogP) is 3.33. The number of amides is 4. The fraction of sp³-hybridized carbons (Fsp3) is 0.185. The Bertz CT molecular complexity index is 1470. The molecule has 0 bridgehead atoms. The fourth-order valence-electron chi connectivity index (χ4n) is 3.74. The maximum absolute atomic E-state index is 13.4. The van der Waals surface area contributed by atoms with Crippen molar-refractivity contribution in [3.8, 4) is 17.2 Å². The number of urea groups is 1. The quantitative estimate of drug-likeness (QED) is 0.219. The number of hydrogen-bond donors (Lipinski definition) is 2. The molecule has 2 heterocycles. The lowest BCUT2D eigenvalue weighted by Gasteiger charge is -2.15. The first-order chi connectivity index (χ1) is 19.2. The number of nitrogens with one attached hydrogen (secondary N) is 2. The summed E-state index contributed by atoms with van der Waals surface area (Å²) in [5.41, 5.74) is 0.654. The van der Waals surface area contributed by atoms with Crippen LogP contribution in [0.1, 0.15) is 21.9 Å². The van der Waals surface area contributed by atoms with Crippen molar-refractivity contribution < 1.29 is 46.9 Å². The van der Waals surface area contributed by atoms with Crippen molar-refractivity contribution in [1.82, 2.24) is 10.2 Å². The van der Waals surface area contributed by atoms with Crippen molar-refractivity contribution in [3.63, 3.8) is 0 Å². The molecule has 2 aromatic carbocycles. The van der Waals surface area contributed by atoms with Crippen LogP contribution in [-0.4, -0.2) is 56.7 Å². The molecule has 0 saturated carbocycles. The molecule has 0 aliphatic carbocycles. The molecule has 0 unspecified atom stereocenters. The number of benzene rings is 2. The molecular formula is C27H24FN3O9. The van der Waals surface area contributed by atoms with Gasteiger partial charge in [-0.15, -0.1) is 0 Å². The average molecular weight is 553 g/mol. The minimum absolute atomic E-state index is 0.0306. The van der Waals surface area contributed by atoms with Crippen LogP contribution in [0.25, 0.3) is 6.08 Å². The maximum atomic E-state index is 13.4. The molecule has 0 atom stereocenters. The summed E-state index contributed by atoms with van der Waals surface area (Å²) in [6.45, 7) is -0.645. The lowest BCUT2D eigenvalue weighted by atomic mass is 10.1. The minimum atomic E-state index is -0.688. The Morgan fingerprint density at radius 3 is 2.42 bits per heavy atom. The van der Waals surface area contributed by atoms with Crippen LogP contribution in [0.5, 0.6) is 17.2 Å². The second kappa shape index (κ2) is 12.0. The molecule has 0 spiro atoms. The molecule has 4 rings (SSSR count). The lowest BCUT2D eigenvalue weighted by molar-refractivity contribution is -0.123. The molecule has 2 N–H and O–H groups in total. The van der Waals surface area contributed by atoms with E-state index in [1.807, 2.05) is 0 Å². The lowest BCUT2D eigenvalue weighted by Crippen LogP contribution is -2.30. The second-order valence-corrected chi connectivity index (χ2v) is 8.24. The van der Waals surface area contributed by atoms with Crippen LogP contribution in [0, 0.1) is 5.82 Å². The van der Waals surface area contributed by atoms with Gasteiger partial charge in [0.25, 0.3) is 11.8 Å². The van der Waals surface area contributed by atoms with Crippen molar-refractivity contribution in [2.75, 3.05) is 33.3 Å². The summed E-state index contributed by atoms with van der Waals surface area (Å²) >= 11 is 0. The van der Waals surface area contributed by atoms with Crippen molar-refractivity contribution in [2.24, 2.45) is 0 Å². The van der Waals surface area contributed by atoms with Crippen LogP contribution in [0.2, 0.25) is 0 Å². The number of anilines is 1. The van der Waals surface area contributed by atoms with Crippen LogP contribution in [0.4, 0.5) is 14.9 Å². The summed E-state index contributed by atoms with van der Waals surface area (Å²) in [4.78, 5) is 50.2. The van der Waals surface area contributed by atoms with Gasteiger partial charge in [-0.05, 0) is 54.1 Å². The van der Waals surface area contributed by atoms with E-state index < -0.39 is 36.2 Å². The van der Waals surface area contributed by atoms with Crippen LogP contribution >= 0.6 is 0 Å². The molecule has 1 aliphatic rings. The standard InChI is InChI=1S/C27H24FN3O9/c1-36-21-10-15(11-22(37-2)24(21)39-14-23(32)29-17-6-4-5-16(28)12-17)9-19-25(33)31(27(35)30-19)13-18-7-8-20(40-18)26(34)38-3/h4-12H,13-14H2,1-3H3,(H,29,32)(H,30,35)/b19-9-. The molecular weight excluding hydrogens is 529 g/mol. The maximum Gasteiger partial charge on any atom is 0.373 e. The largest absolute Gasteiger partial charge is 0.493 e. The van der Waals surface area contributed by atoms with E-state index in [0.717, 1.165) is 4.90 Å². The summed E-state index contributed by atoms with van der Waals surface area (Å²) in [7, 11) is 3.96. The van der Waals surface area contributed by atoms with E-state index in [1.54, 1.807) is 0 Å². The number of esters is 1. The highest BCUT2D eigenvalue weighted by molar-refractivity contribution is 6.13. The Morgan fingerprint density at radius 1 is 1.05 bits per heavy atom. The number of nitrogens with zero attached hydrogens (tertiary/aromatic N) is 1. The molecule has 1 aromatic heterocycles. The Morgan fingerprint density at radius 2 is 1.77 bits per heavy atom. The molecule has 40 heavy (non-hydrogen) atoms. The van der Waals surface area contributed by atoms with Gasteiger partial charge in [-0.1, -0.05) is 6.07 Å². The van der Waals surface area contributed by atoms with Crippen LogP contribution in [0.3, 0.4) is 0 Å². The molecule has 12 nitrogen and oxygen atoms in total. The molecule has 208 valence electrons. The summed E-state index contributed by atoms with van der Waals surface area (Å²) < 4.78 is 39.7. The Balaban J connectivity index is 1.48. The SMILES string of the molecule is COC(=O)c1ccc(CN2C(=O)N/C(=C\c3cc(OC)c(OCC(=O)Nc4cccc(F)c4)c(OC)c3)C2=O)o1. The summed E-state index contributed by atoms with van der Waals surface area (Å²) in [5.74, 6) is -1.74. The number of hydrogen-bond acceptors (Lipinski definition) is 9. The van der Waals surface area contributed by atoms with Crippen molar-refractivity contribution >= 4 is 35.6 Å². The van der Waals surface area contributed by atoms with Gasteiger partial charge < -0.3 is 34.0 Å². The predicted molar refractivity (Wildman–Crippen MR) is 137 cm³/mol. The van der Waals surface area contributed by atoms with Gasteiger partial charge in [0.1, 0.15) is 17.3 Å². The average Bonchev–Trinajstić information content (AvgIpc) is 3.51. The van der Waals surface area contributed by atoms with E-state index >= 15 is 0 Å². The number of furan rings is 1. The van der Waals surface area contributed by atoms with E-state index in [4.69, 9.17) is 18.6 Å². The highest BCUT2D eigenvalue weighted by Crippen LogP contribution is 2.39. The van der Waals surface area contributed by atoms with Crippen LogP contribution in [-0.2, 0) is 20.9 Å². The molecule has 1 saturated heterocycles. The molecule has 1 aliphatic heterocycles. The van der Waals surface area contributed by atoms with Gasteiger partial charge in [0.2, 0.25) is 11.5 Å². The normalized spacial score (nSPS) is 13.7. The third kappa shape index (κ3) is 6.20. The second-order valence-electron chi connectivity index (χ2n) is 8.24. The number of rotatable bonds is 10. The Kier molecular flexibility index (Phi) is 8.33. The number of imide groups is 1. The molecule has 13 heteroatoms. The fourth-order valence-corrected chi connectivity index (χ4v) is 3.74. The number of ether oxygens (including phenoxy) is 4. The molecule has 1 fully saturated rings. The van der Waals surface area contributed by atoms with Crippen molar-refractivity contribution in [1.29, 1.82) is 0 Å². The monoisotopic (exact) mass is 553 g/mol. The summed E-state index contributed by atoms with van der Waals surface area (Å²) in [6, 6.07) is 10.6. The topological polar surface area (TPSA) is 146 Å². The van der Waals surface area contributed by atoms with Crippen LogP contribution in [0.15, 0.2) is 58.6 Å². The van der Waals surface area contributed by atoms with E-state index in [0.29, 0.717) is 5.56 Å². The van der Waals surface area contributed by atoms with E-state index in [1.165, 1.54) is 75.9 Å². The smallest absolute Gasteiger partial charge is 0.373 e. The van der Waals surface area contributed by atoms with E-state index in [2.05, 4.69) is 15.4 Å². The van der Waals surface area contributed by atoms with Gasteiger partial charge in [0.05, 0.1) is 27.9 Å². The van der Waals surface area contributed by atoms with Gasteiger partial charge in [-0.2, -0.15) is 0 Å². The number of methoxy groups -OCH3 is 3. The first kappa shape index (κ1) is 27.7. The van der Waals surface area contributed by atoms with E-state index in [9.17, 15) is 23.6 Å². The highest BCUT2D eigenvalue weighted by Gasteiger charge is 2.34. The summed E-state index contributed by atoms with van der Waals surface area (Å²) in [6.07, 6.45) is 1.41. The van der Waals surface area contributed by atoms with Gasteiger partial charge in [-0.3, -0.25) is 14.5 Å². The van der Waals surface area contributed by atoms with Crippen molar-refractivity contribution in [2.45, 2.75) is 6.54 Å². The van der Waals surface area contributed by atoms with E-state index in [-0.39, 0.29) is 46.7 Å². The van der Waals surface area contributed by atoms with Crippen LogP contribution < -0.4 is 24.8 Å². The third-order valence-electron chi connectivity index (χ3n) is 5.57. The van der Waals surface area contributed by atoms with Gasteiger partial charge in [0, 0.05) is 5.69 Å². The van der Waals surface area contributed by atoms with Gasteiger partial charge in [-0.25, -0.2) is 14.0 Å². The summed E-state index contributed by atoms with van der Waals surface area (Å²) in [5, 5.41) is 5.01. The molecule has 4 amide bonds.